The molecular formula is C13H16. The Labute approximate surface area is 80.6 Å². The van der Waals surface area contributed by atoms with Crippen LogP contribution in [0.3, 0.4) is 0 Å². The first-order valence-electron chi connectivity index (χ1n) is 4.69. The van der Waals surface area contributed by atoms with E-state index in [0.717, 1.165) is 6.42 Å². The van der Waals surface area contributed by atoms with Crippen LogP contribution in [0, 0.1) is 0 Å². The highest BCUT2D eigenvalue weighted by atomic mass is 14.0. The van der Waals surface area contributed by atoms with Crippen LogP contribution in [0.5, 0.6) is 0 Å². The van der Waals surface area contributed by atoms with Gasteiger partial charge in [-0.2, -0.15) is 0 Å². The third-order valence-corrected chi connectivity index (χ3v) is 2.13. The molecule has 0 heterocycles. The first-order chi connectivity index (χ1) is 6.31. The smallest absolute Gasteiger partial charge is 0.0187 e. The van der Waals surface area contributed by atoms with Gasteiger partial charge in [0.2, 0.25) is 0 Å². The van der Waals surface area contributed by atoms with Gasteiger partial charge in [-0.25, -0.2) is 0 Å². The molecular weight excluding hydrogens is 156 g/mol. The van der Waals surface area contributed by atoms with Crippen LogP contribution in [0.25, 0.3) is 12.2 Å². The predicted molar refractivity (Wildman–Crippen MR) is 60.6 cm³/mol. The molecule has 0 N–H and O–H groups in total. The average Bonchev–Trinajstić information content (AvgIpc) is 2.19. The molecule has 0 spiro atoms. The summed E-state index contributed by atoms with van der Waals surface area (Å²) >= 11 is 0. The maximum absolute atomic E-state index is 3.82. The summed E-state index contributed by atoms with van der Waals surface area (Å²) in [5, 5.41) is 0. The zero-order valence-electron chi connectivity index (χ0n) is 8.38. The van der Waals surface area contributed by atoms with Gasteiger partial charge < -0.3 is 0 Å². The lowest BCUT2D eigenvalue weighted by molar-refractivity contribution is 1.14. The van der Waals surface area contributed by atoms with Crippen LogP contribution in [0.15, 0.2) is 30.9 Å². The lowest BCUT2D eigenvalue weighted by Gasteiger charge is -2.03. The monoisotopic (exact) mass is 172 g/mol. The Bertz CT molecular complexity index is 319. The van der Waals surface area contributed by atoms with Crippen molar-refractivity contribution in [3.05, 3.63) is 47.5 Å². The van der Waals surface area contributed by atoms with E-state index in [0.29, 0.717) is 0 Å². The average molecular weight is 172 g/mol. The van der Waals surface area contributed by atoms with Crippen molar-refractivity contribution in [3.8, 4) is 0 Å². The third-order valence-electron chi connectivity index (χ3n) is 2.13. The highest BCUT2D eigenvalue weighted by molar-refractivity contribution is 5.64. The SMILES string of the molecule is C=Cc1cc(CC)ccc1/C=C\C. The van der Waals surface area contributed by atoms with Gasteiger partial charge in [-0.05, 0) is 30.0 Å². The van der Waals surface area contributed by atoms with E-state index in [1.165, 1.54) is 16.7 Å². The van der Waals surface area contributed by atoms with Crippen LogP contribution in [0.4, 0.5) is 0 Å². The minimum atomic E-state index is 1.08. The Morgan fingerprint density at radius 2 is 2.08 bits per heavy atom. The fraction of sp³-hybridized carbons (Fsp3) is 0.231. The molecule has 1 aromatic rings. The summed E-state index contributed by atoms with van der Waals surface area (Å²) < 4.78 is 0. The van der Waals surface area contributed by atoms with Crippen molar-refractivity contribution >= 4 is 12.2 Å². The van der Waals surface area contributed by atoms with Gasteiger partial charge in [-0.1, -0.05) is 49.9 Å². The number of aryl methyl sites for hydroxylation is 1. The molecule has 1 aromatic carbocycles. The number of rotatable bonds is 3. The highest BCUT2D eigenvalue weighted by Gasteiger charge is 1.96. The lowest BCUT2D eigenvalue weighted by Crippen LogP contribution is -1.85. The molecule has 0 amide bonds. The van der Waals surface area contributed by atoms with Gasteiger partial charge in [0.15, 0.2) is 0 Å². The van der Waals surface area contributed by atoms with Gasteiger partial charge in [0, 0.05) is 0 Å². The second kappa shape index (κ2) is 4.66. The van der Waals surface area contributed by atoms with Gasteiger partial charge in [0.25, 0.3) is 0 Å². The molecule has 68 valence electrons. The van der Waals surface area contributed by atoms with Crippen molar-refractivity contribution in [3.63, 3.8) is 0 Å². The van der Waals surface area contributed by atoms with E-state index in [2.05, 4.69) is 37.8 Å². The molecule has 0 heteroatoms. The van der Waals surface area contributed by atoms with Crippen LogP contribution >= 0.6 is 0 Å². The summed E-state index contributed by atoms with van der Waals surface area (Å²) in [5.41, 5.74) is 3.83. The van der Waals surface area contributed by atoms with Gasteiger partial charge in [-0.3, -0.25) is 0 Å². The molecule has 0 nitrogen and oxygen atoms in total. The fourth-order valence-electron chi connectivity index (χ4n) is 1.35. The van der Waals surface area contributed by atoms with E-state index in [1.807, 2.05) is 19.1 Å². The van der Waals surface area contributed by atoms with Gasteiger partial charge >= 0.3 is 0 Å². The van der Waals surface area contributed by atoms with E-state index in [4.69, 9.17) is 0 Å². The zero-order valence-corrected chi connectivity index (χ0v) is 8.38. The highest BCUT2D eigenvalue weighted by Crippen LogP contribution is 2.15. The van der Waals surface area contributed by atoms with Gasteiger partial charge in [0.1, 0.15) is 0 Å². The Balaban J connectivity index is 3.15. The summed E-state index contributed by atoms with van der Waals surface area (Å²) in [6, 6.07) is 6.51. The molecule has 13 heavy (non-hydrogen) atoms. The van der Waals surface area contributed by atoms with Crippen molar-refractivity contribution < 1.29 is 0 Å². The zero-order chi connectivity index (χ0) is 9.68. The summed E-state index contributed by atoms with van der Waals surface area (Å²) in [5.74, 6) is 0. The quantitative estimate of drug-likeness (QED) is 0.648. The molecule has 0 aromatic heterocycles. The maximum Gasteiger partial charge on any atom is -0.0187 e. The van der Waals surface area contributed by atoms with E-state index < -0.39 is 0 Å². The third kappa shape index (κ3) is 2.32. The molecule has 0 aliphatic carbocycles. The molecule has 1 rings (SSSR count). The predicted octanol–water partition coefficient (Wildman–Crippen LogP) is 3.93. The molecule has 0 fully saturated rings. The second-order valence-electron chi connectivity index (χ2n) is 3.02. The second-order valence-corrected chi connectivity index (χ2v) is 3.02. The largest absolute Gasteiger partial charge is 0.0984 e. The van der Waals surface area contributed by atoms with E-state index in [9.17, 15) is 0 Å². The number of benzene rings is 1. The minimum absolute atomic E-state index is 1.08. The molecule has 0 unspecified atom stereocenters. The first-order valence-corrected chi connectivity index (χ1v) is 4.69. The van der Waals surface area contributed by atoms with Crippen molar-refractivity contribution in [1.29, 1.82) is 0 Å². The van der Waals surface area contributed by atoms with E-state index in [1.54, 1.807) is 0 Å². The molecule has 0 atom stereocenters. The van der Waals surface area contributed by atoms with Gasteiger partial charge in [-0.15, -0.1) is 0 Å². The summed E-state index contributed by atoms with van der Waals surface area (Å²) in [6.45, 7) is 8.01. The van der Waals surface area contributed by atoms with Crippen LogP contribution in [-0.4, -0.2) is 0 Å². The maximum atomic E-state index is 3.82. The van der Waals surface area contributed by atoms with E-state index in [-0.39, 0.29) is 0 Å². The Kier molecular flexibility index (Phi) is 3.51. The van der Waals surface area contributed by atoms with Crippen molar-refractivity contribution in [1.82, 2.24) is 0 Å². The Morgan fingerprint density at radius 3 is 2.62 bits per heavy atom. The number of allylic oxidation sites excluding steroid dienone is 1. The molecule has 0 aliphatic rings. The molecule has 0 aliphatic heterocycles. The topological polar surface area (TPSA) is 0 Å². The fourth-order valence-corrected chi connectivity index (χ4v) is 1.35. The molecule has 0 saturated heterocycles. The normalized spacial score (nSPS) is 10.6. The van der Waals surface area contributed by atoms with Crippen LogP contribution in [0.2, 0.25) is 0 Å². The van der Waals surface area contributed by atoms with E-state index >= 15 is 0 Å². The number of hydrogen-bond donors (Lipinski definition) is 0. The van der Waals surface area contributed by atoms with Crippen molar-refractivity contribution in [2.24, 2.45) is 0 Å². The van der Waals surface area contributed by atoms with Crippen LogP contribution in [-0.2, 0) is 6.42 Å². The van der Waals surface area contributed by atoms with Gasteiger partial charge in [0.05, 0.1) is 0 Å². The lowest BCUT2D eigenvalue weighted by atomic mass is 10.0. The standard InChI is InChI=1S/C13H16/c1-4-7-13-9-8-11(5-2)10-12(13)6-3/h4,6-10H,3,5H2,1-2H3/b7-4-. The minimum Gasteiger partial charge on any atom is -0.0984 e. The van der Waals surface area contributed by atoms with Crippen molar-refractivity contribution in [2.45, 2.75) is 20.3 Å². The summed E-state index contributed by atoms with van der Waals surface area (Å²) in [6.07, 6.45) is 7.15. The summed E-state index contributed by atoms with van der Waals surface area (Å²) in [7, 11) is 0. The van der Waals surface area contributed by atoms with Crippen molar-refractivity contribution in [2.75, 3.05) is 0 Å². The Morgan fingerprint density at radius 1 is 1.31 bits per heavy atom. The summed E-state index contributed by atoms with van der Waals surface area (Å²) in [4.78, 5) is 0. The Hall–Kier alpha value is -1.30. The van der Waals surface area contributed by atoms with Crippen LogP contribution < -0.4 is 0 Å². The molecule has 0 radical (unpaired) electrons. The number of hydrogen-bond acceptors (Lipinski definition) is 0. The van der Waals surface area contributed by atoms with Crippen LogP contribution in [0.1, 0.15) is 30.5 Å². The molecule has 0 saturated carbocycles. The first kappa shape index (κ1) is 9.79. The molecule has 0 bridgehead atoms.